The van der Waals surface area contributed by atoms with E-state index in [-0.39, 0.29) is 0 Å². The second kappa shape index (κ2) is 5.39. The van der Waals surface area contributed by atoms with Crippen LogP contribution in [0, 0.1) is 0 Å². The summed E-state index contributed by atoms with van der Waals surface area (Å²) in [5.41, 5.74) is 0. The largest absolute Gasteiger partial charge is 0.0533 e. The number of hydrogen-bond donors (Lipinski definition) is 0. The van der Waals surface area contributed by atoms with Gasteiger partial charge in [0.05, 0.1) is 13.1 Å². The van der Waals surface area contributed by atoms with Crippen LogP contribution in [0.15, 0.2) is 0 Å². The standard InChI is InChI=1S/P2S3/c3-1-5-2-4. The van der Waals surface area contributed by atoms with E-state index in [4.69, 9.17) is 0 Å². The Morgan fingerprint density at radius 3 is 1.60 bits per heavy atom. The van der Waals surface area contributed by atoms with Gasteiger partial charge in [-0.05, 0) is 34.6 Å². The van der Waals surface area contributed by atoms with Gasteiger partial charge in [-0.25, -0.2) is 0 Å². The van der Waals surface area contributed by atoms with Gasteiger partial charge in [-0.1, -0.05) is 0 Å². The second-order valence-electron chi connectivity index (χ2n) is 0.231. The molecule has 5 heavy (non-hydrogen) atoms. The van der Waals surface area contributed by atoms with Crippen LogP contribution in [-0.2, 0) is 23.6 Å². The Hall–Kier alpha value is 1.39. The molecule has 0 nitrogen and oxygen atoms in total. The average molecular weight is 158 g/mol. The van der Waals surface area contributed by atoms with Gasteiger partial charge in [0.15, 0.2) is 0 Å². The number of hydrogen-bond acceptors (Lipinski definition) is 3. The van der Waals surface area contributed by atoms with E-state index in [2.05, 4.69) is 23.6 Å². The Balaban J connectivity index is 2.65. The van der Waals surface area contributed by atoms with Gasteiger partial charge in [0.1, 0.15) is 0 Å². The summed E-state index contributed by atoms with van der Waals surface area (Å²) in [7, 11) is 0. The molecule has 0 saturated carbocycles. The molecule has 5 heteroatoms. The Kier molecular flexibility index (Phi) is 6.89. The second-order valence-corrected chi connectivity index (χ2v) is 6.23. The van der Waals surface area contributed by atoms with Gasteiger partial charge >= 0.3 is 0 Å². The molecule has 0 unspecified atom stereocenters. The summed E-state index contributed by atoms with van der Waals surface area (Å²) in [6, 6.07) is 0. The van der Waals surface area contributed by atoms with E-state index in [9.17, 15) is 0 Å². The van der Waals surface area contributed by atoms with Gasteiger partial charge in [-0.15, -0.1) is 0 Å². The lowest BCUT2D eigenvalue weighted by molar-refractivity contribution is 5.62. The average Bonchev–Trinajstić information content (AvgIpc) is 1.41. The molecule has 0 aromatic carbocycles. The molecule has 0 spiro atoms. The molecule has 0 bridgehead atoms. The van der Waals surface area contributed by atoms with Gasteiger partial charge in [-0.2, -0.15) is 0 Å². The zero-order valence-electron chi connectivity index (χ0n) is 2.12. The minimum atomic E-state index is 0.913. The van der Waals surface area contributed by atoms with Crippen LogP contribution in [-0.4, -0.2) is 0 Å². The van der Waals surface area contributed by atoms with Crippen molar-refractivity contribution in [3.05, 3.63) is 0 Å². The van der Waals surface area contributed by atoms with Crippen LogP contribution in [0.3, 0.4) is 0 Å². The van der Waals surface area contributed by atoms with Crippen molar-refractivity contribution >= 4 is 47.7 Å². The van der Waals surface area contributed by atoms with Crippen LogP contribution in [0.5, 0.6) is 0 Å². The van der Waals surface area contributed by atoms with E-state index in [0.29, 0.717) is 0 Å². The van der Waals surface area contributed by atoms with E-state index in [1.165, 1.54) is 11.0 Å². The maximum absolute atomic E-state index is 4.51. The fourth-order valence-corrected chi connectivity index (χ4v) is 3.31. The minimum absolute atomic E-state index is 0.913. The van der Waals surface area contributed by atoms with Crippen LogP contribution in [0.2, 0.25) is 0 Å². The first-order chi connectivity index (χ1) is 2.41. The highest BCUT2D eigenvalue weighted by atomic mass is 33.2. The van der Waals surface area contributed by atoms with E-state index in [1.807, 2.05) is 0 Å². The first-order valence-corrected chi connectivity index (χ1v) is 6.57. The third-order valence-corrected chi connectivity index (χ3v) is 5.40. The lowest BCUT2D eigenvalue weighted by atomic mass is 29.8. The summed E-state index contributed by atoms with van der Waals surface area (Å²) in [5, 5.41) is 0. The molecule has 0 aliphatic heterocycles. The molecule has 0 aromatic heterocycles. The molecule has 0 atom stereocenters. The molecule has 0 aliphatic carbocycles. The highest BCUT2D eigenvalue weighted by molar-refractivity contribution is 8.85. The first kappa shape index (κ1) is 6.39. The lowest BCUT2D eigenvalue weighted by Gasteiger charge is -1.57. The Morgan fingerprint density at radius 1 is 1.20 bits per heavy atom. The molecule has 0 fully saturated rings. The molecule has 28 valence electrons. The zero-order valence-corrected chi connectivity index (χ0v) is 6.36. The highest BCUT2D eigenvalue weighted by Crippen LogP contribution is 2.30. The minimum Gasteiger partial charge on any atom is -0.0442 e. The monoisotopic (exact) mass is 158 g/mol. The van der Waals surface area contributed by atoms with Crippen molar-refractivity contribution in [3.8, 4) is 0 Å². The van der Waals surface area contributed by atoms with Crippen LogP contribution >= 0.6 is 24.1 Å². The third kappa shape index (κ3) is 5.39. The molecule has 0 heterocycles. The Bertz CT molecular complexity index is 34.2. The van der Waals surface area contributed by atoms with Crippen LogP contribution in [0.25, 0.3) is 0 Å². The molecule has 0 N–H and O–H groups in total. The van der Waals surface area contributed by atoms with Crippen molar-refractivity contribution in [1.82, 2.24) is 0 Å². The predicted molar refractivity (Wildman–Crippen MR) is 36.2 cm³/mol. The topological polar surface area (TPSA) is 0 Å². The van der Waals surface area contributed by atoms with E-state index in [1.54, 1.807) is 0 Å². The molecular weight excluding hydrogens is 158 g/mol. The fraction of sp³-hybridized carbons (Fsp3) is 0. The van der Waals surface area contributed by atoms with Crippen molar-refractivity contribution in [2.45, 2.75) is 0 Å². The van der Waals surface area contributed by atoms with Crippen molar-refractivity contribution in [3.63, 3.8) is 0 Å². The predicted octanol–water partition coefficient (Wildman–Crippen LogP) is 2.37. The third-order valence-electron chi connectivity index (χ3n) is 0.0667. The quantitative estimate of drug-likeness (QED) is 0.566. The van der Waals surface area contributed by atoms with Crippen molar-refractivity contribution in [2.75, 3.05) is 0 Å². The zero-order chi connectivity index (χ0) is 4.12. The van der Waals surface area contributed by atoms with Crippen molar-refractivity contribution in [1.29, 1.82) is 0 Å². The van der Waals surface area contributed by atoms with Crippen molar-refractivity contribution < 1.29 is 0 Å². The lowest BCUT2D eigenvalue weighted by Crippen LogP contribution is -0.936. The van der Waals surface area contributed by atoms with E-state index in [0.717, 1.165) is 13.1 Å². The molecule has 0 saturated heterocycles. The summed E-state index contributed by atoms with van der Waals surface area (Å²) < 4.78 is 0. The molecular formula is P2S3. The summed E-state index contributed by atoms with van der Waals surface area (Å²) >= 11 is 10.6. The molecule has 0 radical (unpaired) electrons. The van der Waals surface area contributed by atoms with E-state index < -0.39 is 0 Å². The molecule has 0 amide bonds. The Morgan fingerprint density at radius 2 is 1.60 bits per heavy atom. The fourth-order valence-electron chi connectivity index (χ4n) is 0.0136. The number of rotatable bonds is 2. The normalized spacial score (nSPS) is 9.60. The summed E-state index contributed by atoms with van der Waals surface area (Å²) in [5.74, 6) is 0. The Labute approximate surface area is 47.9 Å². The van der Waals surface area contributed by atoms with Gasteiger partial charge in [0.2, 0.25) is 0 Å². The SMILES string of the molecule is S=PSP=S. The van der Waals surface area contributed by atoms with Crippen LogP contribution in [0.4, 0.5) is 0 Å². The summed E-state index contributed by atoms with van der Waals surface area (Å²) in [6.07, 6.45) is 0. The van der Waals surface area contributed by atoms with Gasteiger partial charge in [0, 0.05) is 0 Å². The van der Waals surface area contributed by atoms with Crippen LogP contribution in [0.1, 0.15) is 0 Å². The van der Waals surface area contributed by atoms with Crippen molar-refractivity contribution in [2.24, 2.45) is 0 Å². The van der Waals surface area contributed by atoms with E-state index >= 15 is 0 Å². The maximum Gasteiger partial charge on any atom is 0.0533 e. The summed E-state index contributed by atoms with van der Waals surface area (Å²) in [4.78, 5) is 0. The molecule has 0 rings (SSSR count). The smallest absolute Gasteiger partial charge is 0.0442 e. The maximum atomic E-state index is 4.51. The highest BCUT2D eigenvalue weighted by Gasteiger charge is 1.60. The summed E-state index contributed by atoms with van der Waals surface area (Å²) in [6.45, 7) is 1.83. The van der Waals surface area contributed by atoms with Crippen LogP contribution < -0.4 is 0 Å². The molecule has 0 aromatic rings. The molecule has 0 aliphatic rings. The first-order valence-electron chi connectivity index (χ1n) is 0.730. The van der Waals surface area contributed by atoms with Gasteiger partial charge < -0.3 is 0 Å². The van der Waals surface area contributed by atoms with Gasteiger partial charge in [0.25, 0.3) is 0 Å². The van der Waals surface area contributed by atoms with Gasteiger partial charge in [-0.3, -0.25) is 0 Å².